The summed E-state index contributed by atoms with van der Waals surface area (Å²) < 4.78 is 20.1. The van der Waals surface area contributed by atoms with Gasteiger partial charge in [0.15, 0.2) is 0 Å². The Hall–Kier alpha value is -2.24. The number of benzene rings is 1. The molecule has 27 heavy (non-hydrogen) atoms. The number of carbonyl (C=O) groups is 3. The molecule has 1 aliphatic carbocycles. The lowest BCUT2D eigenvalue weighted by molar-refractivity contribution is -0.178. The molecule has 1 aromatic carbocycles. The minimum atomic E-state index is -0.766. The summed E-state index contributed by atoms with van der Waals surface area (Å²) in [5, 5.41) is 0. The largest absolute Gasteiger partial charge is 0.458 e. The van der Waals surface area contributed by atoms with Gasteiger partial charge in [-0.3, -0.25) is 14.4 Å². The number of carbonyl (C=O) groups excluding carboxylic acids is 3. The normalized spacial score (nSPS) is 23.4. The van der Waals surface area contributed by atoms with Crippen LogP contribution in [0.25, 0.3) is 0 Å². The van der Waals surface area contributed by atoms with Crippen LogP contribution in [0.2, 0.25) is 0 Å². The lowest BCUT2D eigenvalue weighted by Crippen LogP contribution is -2.48. The molecule has 1 heterocycles. The molecule has 1 atom stereocenters. The highest BCUT2D eigenvalue weighted by atomic mass is 19.1. The quantitative estimate of drug-likeness (QED) is 0.585. The van der Waals surface area contributed by atoms with Crippen molar-refractivity contribution in [2.24, 2.45) is 5.92 Å². The van der Waals surface area contributed by atoms with Crippen LogP contribution >= 0.6 is 0 Å². The molecule has 1 unspecified atom stereocenters. The van der Waals surface area contributed by atoms with E-state index < -0.39 is 17.4 Å². The molecular weight excluding hydrogens is 349 g/mol. The molecule has 1 amide bonds. The Bertz CT molecular complexity index is 737. The SMILES string of the molecule is CN(C)C(=O)c1ccc(CCC2(C3CCCC3)CC(=O)CC(=O)O2)cc1F. The monoisotopic (exact) mass is 375 g/mol. The van der Waals surface area contributed by atoms with Crippen molar-refractivity contribution in [3.8, 4) is 0 Å². The second-order valence-corrected chi connectivity index (χ2v) is 7.93. The summed E-state index contributed by atoms with van der Waals surface area (Å²) in [5.41, 5.74) is 0.000112. The van der Waals surface area contributed by atoms with Gasteiger partial charge in [-0.05, 0) is 49.3 Å². The second kappa shape index (κ2) is 7.79. The van der Waals surface area contributed by atoms with Gasteiger partial charge in [0.1, 0.15) is 23.6 Å². The summed E-state index contributed by atoms with van der Waals surface area (Å²) in [4.78, 5) is 37.3. The molecule has 6 heteroatoms. The molecule has 146 valence electrons. The lowest BCUT2D eigenvalue weighted by atomic mass is 9.76. The number of rotatable bonds is 5. The summed E-state index contributed by atoms with van der Waals surface area (Å²) in [6, 6.07) is 4.59. The van der Waals surface area contributed by atoms with Crippen LogP contribution in [0.3, 0.4) is 0 Å². The standard InChI is InChI=1S/C21H26FNO4/c1-23(2)20(26)17-8-7-14(11-18(17)22)9-10-21(15-5-3-4-6-15)13-16(24)12-19(25)27-21/h7-8,11,15H,3-6,9-10,12-13H2,1-2H3. The smallest absolute Gasteiger partial charge is 0.313 e. The van der Waals surface area contributed by atoms with Gasteiger partial charge in [-0.25, -0.2) is 4.39 Å². The first-order valence-corrected chi connectivity index (χ1v) is 9.54. The van der Waals surface area contributed by atoms with E-state index in [-0.39, 0.29) is 36.0 Å². The minimum Gasteiger partial charge on any atom is -0.458 e. The van der Waals surface area contributed by atoms with Crippen molar-refractivity contribution in [2.75, 3.05) is 14.1 Å². The van der Waals surface area contributed by atoms with Crippen LogP contribution in [0.1, 0.15) is 60.9 Å². The predicted molar refractivity (Wildman–Crippen MR) is 97.8 cm³/mol. The molecule has 5 nitrogen and oxygen atoms in total. The number of esters is 1. The van der Waals surface area contributed by atoms with Gasteiger partial charge in [0.25, 0.3) is 5.91 Å². The van der Waals surface area contributed by atoms with Gasteiger partial charge in [-0.2, -0.15) is 0 Å². The molecule has 2 aliphatic rings. The number of hydrogen-bond acceptors (Lipinski definition) is 4. The van der Waals surface area contributed by atoms with Gasteiger partial charge in [0.05, 0.1) is 5.56 Å². The summed E-state index contributed by atoms with van der Waals surface area (Å²) in [6.45, 7) is 0. The van der Waals surface area contributed by atoms with Gasteiger partial charge in [-0.15, -0.1) is 0 Å². The number of Topliss-reactive ketones (excluding diaryl/α,β-unsaturated/α-hetero) is 1. The van der Waals surface area contributed by atoms with Crippen molar-refractivity contribution in [1.82, 2.24) is 4.90 Å². The maximum absolute atomic E-state index is 14.4. The van der Waals surface area contributed by atoms with Crippen LogP contribution in [0.4, 0.5) is 4.39 Å². The third kappa shape index (κ3) is 4.20. The molecule has 0 N–H and O–H groups in total. The fraction of sp³-hybridized carbons (Fsp3) is 0.571. The lowest BCUT2D eigenvalue weighted by Gasteiger charge is -2.41. The van der Waals surface area contributed by atoms with E-state index in [1.807, 2.05) is 0 Å². The topological polar surface area (TPSA) is 63.7 Å². The van der Waals surface area contributed by atoms with Crippen molar-refractivity contribution >= 4 is 17.7 Å². The Labute approximate surface area is 158 Å². The van der Waals surface area contributed by atoms with Crippen molar-refractivity contribution in [2.45, 2.75) is 57.0 Å². The fourth-order valence-corrected chi connectivity index (χ4v) is 4.36. The van der Waals surface area contributed by atoms with Gasteiger partial charge in [0.2, 0.25) is 0 Å². The maximum Gasteiger partial charge on any atom is 0.313 e. The molecule has 1 saturated carbocycles. The number of cyclic esters (lactones) is 1. The Morgan fingerprint density at radius 2 is 1.96 bits per heavy atom. The molecule has 2 fully saturated rings. The van der Waals surface area contributed by atoms with E-state index in [9.17, 15) is 18.8 Å². The zero-order chi connectivity index (χ0) is 19.6. The highest BCUT2D eigenvalue weighted by Crippen LogP contribution is 2.43. The van der Waals surface area contributed by atoms with E-state index in [4.69, 9.17) is 4.74 Å². The molecule has 0 spiro atoms. The Morgan fingerprint density at radius 3 is 2.56 bits per heavy atom. The number of halogens is 1. The van der Waals surface area contributed by atoms with E-state index >= 15 is 0 Å². The summed E-state index contributed by atoms with van der Waals surface area (Å²) in [6.07, 6.45) is 5.14. The van der Waals surface area contributed by atoms with Crippen molar-refractivity contribution < 1.29 is 23.5 Å². The Balaban J connectivity index is 1.77. The number of amides is 1. The van der Waals surface area contributed by atoms with Gasteiger partial charge in [0, 0.05) is 20.5 Å². The molecule has 3 rings (SSSR count). The van der Waals surface area contributed by atoms with E-state index in [1.54, 1.807) is 20.2 Å². The first kappa shape index (κ1) is 19.5. The van der Waals surface area contributed by atoms with Crippen LogP contribution in [0.5, 0.6) is 0 Å². The third-order valence-electron chi connectivity index (χ3n) is 5.76. The van der Waals surface area contributed by atoms with Crippen molar-refractivity contribution in [1.29, 1.82) is 0 Å². The summed E-state index contributed by atoms with van der Waals surface area (Å²) in [5.74, 6) is -1.27. The van der Waals surface area contributed by atoms with E-state index in [1.165, 1.54) is 17.0 Å². The molecule has 1 aromatic rings. The first-order valence-electron chi connectivity index (χ1n) is 9.54. The van der Waals surface area contributed by atoms with Gasteiger partial charge < -0.3 is 9.64 Å². The molecule has 1 aliphatic heterocycles. The highest BCUT2D eigenvalue weighted by Gasteiger charge is 2.47. The number of hydrogen-bond donors (Lipinski definition) is 0. The molecule has 0 bridgehead atoms. The minimum absolute atomic E-state index is 0.0357. The summed E-state index contributed by atoms with van der Waals surface area (Å²) >= 11 is 0. The fourth-order valence-electron chi connectivity index (χ4n) is 4.36. The highest BCUT2D eigenvalue weighted by molar-refractivity contribution is 5.98. The van der Waals surface area contributed by atoms with Gasteiger partial charge >= 0.3 is 5.97 Å². The molecule has 0 radical (unpaired) electrons. The maximum atomic E-state index is 14.4. The predicted octanol–water partition coefficient (Wildman–Crippen LogP) is 3.30. The molecule has 1 saturated heterocycles. The zero-order valence-corrected chi connectivity index (χ0v) is 15.9. The van der Waals surface area contributed by atoms with E-state index in [0.29, 0.717) is 12.8 Å². The van der Waals surface area contributed by atoms with Crippen LogP contribution in [0.15, 0.2) is 18.2 Å². The van der Waals surface area contributed by atoms with Crippen LogP contribution < -0.4 is 0 Å². The number of aryl methyl sites for hydroxylation is 1. The number of nitrogens with zero attached hydrogens (tertiary/aromatic N) is 1. The van der Waals surface area contributed by atoms with E-state index in [2.05, 4.69) is 0 Å². The van der Waals surface area contributed by atoms with Crippen molar-refractivity contribution in [3.05, 3.63) is 35.1 Å². The van der Waals surface area contributed by atoms with E-state index in [0.717, 1.165) is 31.2 Å². The molecular formula is C21H26FNO4. The Kier molecular flexibility index (Phi) is 5.63. The zero-order valence-electron chi connectivity index (χ0n) is 15.9. The van der Waals surface area contributed by atoms with Crippen molar-refractivity contribution in [3.63, 3.8) is 0 Å². The number of ketones is 1. The van der Waals surface area contributed by atoms with Gasteiger partial charge in [-0.1, -0.05) is 18.9 Å². The third-order valence-corrected chi connectivity index (χ3v) is 5.76. The Morgan fingerprint density at radius 1 is 1.26 bits per heavy atom. The average Bonchev–Trinajstić information content (AvgIpc) is 3.14. The average molecular weight is 375 g/mol. The first-order chi connectivity index (χ1) is 12.8. The summed E-state index contributed by atoms with van der Waals surface area (Å²) in [7, 11) is 3.16. The second-order valence-electron chi connectivity index (χ2n) is 7.93. The number of ether oxygens (including phenoxy) is 1. The van der Waals surface area contributed by atoms with Crippen LogP contribution in [-0.4, -0.2) is 42.3 Å². The molecule has 0 aromatic heterocycles. The van der Waals surface area contributed by atoms with Crippen LogP contribution in [0, 0.1) is 11.7 Å². The van der Waals surface area contributed by atoms with Crippen LogP contribution in [-0.2, 0) is 20.7 Å².